The number of hydrogen-bond donors (Lipinski definition) is 1. The largest absolute Gasteiger partial charge is 0.454 e. The Morgan fingerprint density at radius 2 is 2.07 bits per heavy atom. The molecule has 2 amide bonds. The highest BCUT2D eigenvalue weighted by Gasteiger charge is 2.32. The standard InChI is InChI=1S/C20H14ClFN2O4S2/c21-12-2-3-13(14(22)9-12)18(25)23-5-6-24-19(26)17(30-20(24)29)8-11-1-4-15-16(7-11)28-10-27-15/h1-4,7-9H,5-6,10H2,(H,23,25)/b17-8-. The number of carbonyl (C=O) groups is 2. The number of benzene rings is 2. The summed E-state index contributed by atoms with van der Waals surface area (Å²) in [7, 11) is 0. The molecule has 0 aliphatic carbocycles. The molecule has 0 unspecified atom stereocenters. The molecule has 0 atom stereocenters. The van der Waals surface area contributed by atoms with Gasteiger partial charge in [-0.25, -0.2) is 4.39 Å². The first-order valence-electron chi connectivity index (χ1n) is 8.80. The Kier molecular flexibility index (Phi) is 5.94. The number of nitrogens with zero attached hydrogens (tertiary/aromatic N) is 1. The zero-order valence-corrected chi connectivity index (χ0v) is 17.7. The van der Waals surface area contributed by atoms with E-state index >= 15 is 0 Å². The zero-order chi connectivity index (χ0) is 21.3. The molecular weight excluding hydrogens is 451 g/mol. The van der Waals surface area contributed by atoms with Gasteiger partial charge in [0, 0.05) is 18.1 Å². The Bertz CT molecular complexity index is 1090. The topological polar surface area (TPSA) is 67.9 Å². The van der Waals surface area contributed by atoms with Crippen LogP contribution in [0.1, 0.15) is 15.9 Å². The lowest BCUT2D eigenvalue weighted by molar-refractivity contribution is -0.122. The Hall–Kier alpha value is -2.62. The van der Waals surface area contributed by atoms with E-state index in [1.807, 2.05) is 6.07 Å². The number of hydrogen-bond acceptors (Lipinski definition) is 6. The summed E-state index contributed by atoms with van der Waals surface area (Å²) in [6, 6.07) is 9.19. The molecule has 4 rings (SSSR count). The number of thiocarbonyl (C=S) groups is 1. The van der Waals surface area contributed by atoms with E-state index in [0.29, 0.717) is 20.7 Å². The van der Waals surface area contributed by atoms with Gasteiger partial charge in [0.05, 0.1) is 10.5 Å². The molecule has 2 aromatic carbocycles. The molecule has 0 spiro atoms. The third-order valence-electron chi connectivity index (χ3n) is 4.36. The van der Waals surface area contributed by atoms with E-state index in [1.54, 1.807) is 18.2 Å². The average Bonchev–Trinajstić information content (AvgIpc) is 3.27. The van der Waals surface area contributed by atoms with Crippen LogP contribution in [0, 0.1) is 5.82 Å². The highest BCUT2D eigenvalue weighted by Crippen LogP contribution is 2.36. The minimum Gasteiger partial charge on any atom is -0.454 e. The molecule has 0 saturated carbocycles. The van der Waals surface area contributed by atoms with Gasteiger partial charge in [0.1, 0.15) is 10.1 Å². The SMILES string of the molecule is O=C(NCCN1C(=O)/C(=C/c2ccc3c(c2)OCO3)SC1=S)c1ccc(Cl)cc1F. The van der Waals surface area contributed by atoms with Gasteiger partial charge in [-0.1, -0.05) is 41.6 Å². The lowest BCUT2D eigenvalue weighted by Crippen LogP contribution is -2.37. The maximum Gasteiger partial charge on any atom is 0.266 e. The molecule has 0 bridgehead atoms. The van der Waals surface area contributed by atoms with Crippen molar-refractivity contribution in [2.75, 3.05) is 19.9 Å². The molecule has 1 saturated heterocycles. The van der Waals surface area contributed by atoms with Gasteiger partial charge in [0.2, 0.25) is 6.79 Å². The highest BCUT2D eigenvalue weighted by atomic mass is 35.5. The molecule has 0 radical (unpaired) electrons. The summed E-state index contributed by atoms with van der Waals surface area (Å²) in [5.74, 6) is -0.277. The van der Waals surface area contributed by atoms with E-state index in [-0.39, 0.29) is 36.4 Å². The predicted octanol–water partition coefficient (Wildman–Crippen LogP) is 3.84. The van der Waals surface area contributed by atoms with E-state index in [1.165, 1.54) is 28.8 Å². The fourth-order valence-electron chi connectivity index (χ4n) is 2.90. The number of fused-ring (bicyclic) bond motifs is 1. The predicted molar refractivity (Wildman–Crippen MR) is 116 cm³/mol. The lowest BCUT2D eigenvalue weighted by atomic mass is 10.2. The fourth-order valence-corrected chi connectivity index (χ4v) is 4.36. The maximum absolute atomic E-state index is 13.8. The molecule has 2 heterocycles. The van der Waals surface area contributed by atoms with Gasteiger partial charge in [-0.2, -0.15) is 0 Å². The number of carbonyl (C=O) groups excluding carboxylic acids is 2. The van der Waals surface area contributed by atoms with Crippen LogP contribution in [0.2, 0.25) is 5.02 Å². The van der Waals surface area contributed by atoms with Crippen molar-refractivity contribution in [2.24, 2.45) is 0 Å². The molecule has 2 aliphatic rings. The van der Waals surface area contributed by atoms with Crippen molar-refractivity contribution < 1.29 is 23.5 Å². The van der Waals surface area contributed by atoms with Gasteiger partial charge in [-0.3, -0.25) is 14.5 Å². The lowest BCUT2D eigenvalue weighted by Gasteiger charge is -2.15. The minimum absolute atomic E-state index is 0.116. The van der Waals surface area contributed by atoms with Crippen molar-refractivity contribution in [2.45, 2.75) is 0 Å². The smallest absolute Gasteiger partial charge is 0.266 e. The number of thioether (sulfide) groups is 1. The summed E-state index contributed by atoms with van der Waals surface area (Å²) in [5, 5.41) is 2.79. The summed E-state index contributed by atoms with van der Waals surface area (Å²) in [4.78, 5) is 26.7. The van der Waals surface area contributed by atoms with Crippen LogP contribution in [0.25, 0.3) is 6.08 Å². The van der Waals surface area contributed by atoms with Gasteiger partial charge in [0.25, 0.3) is 11.8 Å². The Balaban J connectivity index is 1.38. The number of rotatable bonds is 5. The van der Waals surface area contributed by atoms with Gasteiger partial charge in [-0.05, 0) is 42.0 Å². The first kappa shape index (κ1) is 20.6. The monoisotopic (exact) mass is 464 g/mol. The molecule has 2 aromatic rings. The van der Waals surface area contributed by atoms with Crippen LogP contribution >= 0.6 is 35.6 Å². The average molecular weight is 465 g/mol. The van der Waals surface area contributed by atoms with E-state index in [2.05, 4.69) is 5.32 Å². The number of halogens is 2. The normalized spacial score (nSPS) is 16.5. The van der Waals surface area contributed by atoms with Crippen LogP contribution < -0.4 is 14.8 Å². The first-order valence-corrected chi connectivity index (χ1v) is 10.4. The zero-order valence-electron chi connectivity index (χ0n) is 15.3. The van der Waals surface area contributed by atoms with Crippen molar-refractivity contribution in [1.29, 1.82) is 0 Å². The third-order valence-corrected chi connectivity index (χ3v) is 5.98. The molecule has 6 nitrogen and oxygen atoms in total. The summed E-state index contributed by atoms with van der Waals surface area (Å²) in [5.41, 5.74) is 0.666. The van der Waals surface area contributed by atoms with E-state index in [9.17, 15) is 14.0 Å². The van der Waals surface area contributed by atoms with Crippen molar-refractivity contribution in [1.82, 2.24) is 10.2 Å². The van der Waals surface area contributed by atoms with E-state index in [0.717, 1.165) is 11.6 Å². The molecule has 1 N–H and O–H groups in total. The van der Waals surface area contributed by atoms with Crippen molar-refractivity contribution >= 4 is 57.8 Å². The van der Waals surface area contributed by atoms with Crippen molar-refractivity contribution in [3.63, 3.8) is 0 Å². The van der Waals surface area contributed by atoms with Crippen LogP contribution in [-0.4, -0.2) is 40.9 Å². The van der Waals surface area contributed by atoms with Crippen LogP contribution in [0.5, 0.6) is 11.5 Å². The molecule has 2 aliphatic heterocycles. The van der Waals surface area contributed by atoms with Gasteiger partial charge in [0.15, 0.2) is 11.5 Å². The maximum atomic E-state index is 13.8. The second-order valence-corrected chi connectivity index (χ2v) is 8.44. The molecule has 10 heteroatoms. The van der Waals surface area contributed by atoms with E-state index < -0.39 is 11.7 Å². The number of nitrogens with one attached hydrogen (secondary N) is 1. The number of amides is 2. The molecule has 30 heavy (non-hydrogen) atoms. The second kappa shape index (κ2) is 8.63. The van der Waals surface area contributed by atoms with E-state index in [4.69, 9.17) is 33.3 Å². The Morgan fingerprint density at radius 1 is 1.27 bits per heavy atom. The minimum atomic E-state index is -0.711. The van der Waals surface area contributed by atoms with Gasteiger partial charge in [-0.15, -0.1) is 0 Å². The van der Waals surface area contributed by atoms with Gasteiger partial charge < -0.3 is 14.8 Å². The summed E-state index contributed by atoms with van der Waals surface area (Å²) >= 11 is 12.2. The summed E-state index contributed by atoms with van der Waals surface area (Å²) < 4.78 is 24.8. The highest BCUT2D eigenvalue weighted by molar-refractivity contribution is 8.26. The van der Waals surface area contributed by atoms with Crippen LogP contribution in [0.4, 0.5) is 4.39 Å². The van der Waals surface area contributed by atoms with Crippen molar-refractivity contribution in [3.05, 3.63) is 63.3 Å². The second-order valence-electron chi connectivity index (χ2n) is 6.33. The van der Waals surface area contributed by atoms with Crippen molar-refractivity contribution in [3.8, 4) is 11.5 Å². The summed E-state index contributed by atoms with van der Waals surface area (Å²) in [6.45, 7) is 0.460. The quantitative estimate of drug-likeness (QED) is 0.535. The third kappa shape index (κ3) is 4.28. The van der Waals surface area contributed by atoms with Crippen LogP contribution in [0.15, 0.2) is 41.3 Å². The Labute approximate surface area is 186 Å². The van der Waals surface area contributed by atoms with Crippen LogP contribution in [0.3, 0.4) is 0 Å². The van der Waals surface area contributed by atoms with Gasteiger partial charge >= 0.3 is 0 Å². The Morgan fingerprint density at radius 3 is 2.87 bits per heavy atom. The molecular formula is C20H14ClFN2O4S2. The molecule has 1 fully saturated rings. The fraction of sp³-hybridized carbons (Fsp3) is 0.150. The number of ether oxygens (including phenoxy) is 2. The summed E-state index contributed by atoms with van der Waals surface area (Å²) in [6.07, 6.45) is 1.73. The van der Waals surface area contributed by atoms with Crippen LogP contribution in [-0.2, 0) is 4.79 Å². The molecule has 0 aromatic heterocycles. The first-order chi connectivity index (χ1) is 14.4. The molecule has 154 valence electrons.